The van der Waals surface area contributed by atoms with Crippen LogP contribution >= 0.6 is 12.2 Å². The van der Waals surface area contributed by atoms with Gasteiger partial charge in [-0.05, 0) is 63.2 Å². The Morgan fingerprint density at radius 2 is 1.82 bits per heavy atom. The SMILES string of the molecule is Fc1ccc(NC(=S)NCCCN2CCCCCC2)cc1F. The minimum Gasteiger partial charge on any atom is -0.362 e. The van der Waals surface area contributed by atoms with Gasteiger partial charge in [-0.3, -0.25) is 0 Å². The molecular weight excluding hydrogens is 304 g/mol. The van der Waals surface area contributed by atoms with E-state index in [1.807, 2.05) is 0 Å². The van der Waals surface area contributed by atoms with E-state index < -0.39 is 11.6 Å². The zero-order valence-corrected chi connectivity index (χ0v) is 13.5. The normalized spacial score (nSPS) is 16.1. The number of halogens is 2. The lowest BCUT2D eigenvalue weighted by atomic mass is 10.2. The highest BCUT2D eigenvalue weighted by Gasteiger charge is 2.08. The van der Waals surface area contributed by atoms with E-state index in [-0.39, 0.29) is 0 Å². The summed E-state index contributed by atoms with van der Waals surface area (Å²) in [6.45, 7) is 4.22. The van der Waals surface area contributed by atoms with Gasteiger partial charge in [0.15, 0.2) is 16.7 Å². The van der Waals surface area contributed by atoms with E-state index in [4.69, 9.17) is 12.2 Å². The summed E-state index contributed by atoms with van der Waals surface area (Å²) in [4.78, 5) is 2.50. The van der Waals surface area contributed by atoms with Gasteiger partial charge in [-0.2, -0.15) is 0 Å². The van der Waals surface area contributed by atoms with Gasteiger partial charge in [-0.25, -0.2) is 8.78 Å². The molecule has 0 atom stereocenters. The van der Waals surface area contributed by atoms with Crippen LogP contribution in [-0.4, -0.2) is 36.2 Å². The second-order valence-electron chi connectivity index (χ2n) is 5.62. The Hall–Kier alpha value is -1.27. The van der Waals surface area contributed by atoms with Crippen LogP contribution < -0.4 is 10.6 Å². The maximum atomic E-state index is 13.1. The van der Waals surface area contributed by atoms with Crippen LogP contribution in [0.4, 0.5) is 14.5 Å². The molecule has 122 valence electrons. The Bertz CT molecular complexity index is 488. The molecule has 0 saturated carbocycles. The van der Waals surface area contributed by atoms with E-state index in [1.165, 1.54) is 44.8 Å². The Labute approximate surface area is 136 Å². The molecule has 22 heavy (non-hydrogen) atoms. The van der Waals surface area contributed by atoms with Crippen molar-refractivity contribution >= 4 is 23.0 Å². The molecule has 1 fully saturated rings. The van der Waals surface area contributed by atoms with Crippen LogP contribution in [0.2, 0.25) is 0 Å². The summed E-state index contributed by atoms with van der Waals surface area (Å²) < 4.78 is 25.9. The molecular formula is C16H23F2N3S. The highest BCUT2D eigenvalue weighted by atomic mass is 32.1. The number of likely N-dealkylation sites (tertiary alicyclic amines) is 1. The van der Waals surface area contributed by atoms with Crippen molar-refractivity contribution in [2.24, 2.45) is 0 Å². The topological polar surface area (TPSA) is 27.3 Å². The minimum atomic E-state index is -0.881. The monoisotopic (exact) mass is 327 g/mol. The van der Waals surface area contributed by atoms with Crippen molar-refractivity contribution in [2.45, 2.75) is 32.1 Å². The maximum Gasteiger partial charge on any atom is 0.170 e. The molecule has 1 aliphatic rings. The Morgan fingerprint density at radius 1 is 1.09 bits per heavy atom. The Kier molecular flexibility index (Phi) is 6.99. The van der Waals surface area contributed by atoms with Crippen LogP contribution in [0.15, 0.2) is 18.2 Å². The predicted octanol–water partition coefficient (Wildman–Crippen LogP) is 3.52. The number of thiocarbonyl (C=S) groups is 1. The van der Waals surface area contributed by atoms with Crippen LogP contribution in [0.1, 0.15) is 32.1 Å². The quantitative estimate of drug-likeness (QED) is 0.639. The Balaban J connectivity index is 1.63. The summed E-state index contributed by atoms with van der Waals surface area (Å²) in [6, 6.07) is 3.64. The lowest BCUT2D eigenvalue weighted by molar-refractivity contribution is 0.282. The van der Waals surface area contributed by atoms with E-state index in [0.29, 0.717) is 10.8 Å². The van der Waals surface area contributed by atoms with Gasteiger partial charge in [0.1, 0.15) is 0 Å². The van der Waals surface area contributed by atoms with Crippen LogP contribution in [0.3, 0.4) is 0 Å². The molecule has 1 aromatic rings. The summed E-state index contributed by atoms with van der Waals surface area (Å²) >= 11 is 5.15. The molecule has 0 radical (unpaired) electrons. The average Bonchev–Trinajstić information content (AvgIpc) is 2.76. The zero-order valence-electron chi connectivity index (χ0n) is 12.7. The van der Waals surface area contributed by atoms with Crippen molar-refractivity contribution in [2.75, 3.05) is 31.5 Å². The number of nitrogens with zero attached hydrogens (tertiary/aromatic N) is 1. The first-order chi connectivity index (χ1) is 10.6. The van der Waals surface area contributed by atoms with Crippen molar-refractivity contribution in [3.05, 3.63) is 29.8 Å². The van der Waals surface area contributed by atoms with Crippen LogP contribution in [-0.2, 0) is 0 Å². The van der Waals surface area contributed by atoms with E-state index >= 15 is 0 Å². The number of hydrogen-bond acceptors (Lipinski definition) is 2. The van der Waals surface area contributed by atoms with Gasteiger partial charge in [-0.15, -0.1) is 0 Å². The van der Waals surface area contributed by atoms with Crippen LogP contribution in [0, 0.1) is 11.6 Å². The highest BCUT2D eigenvalue weighted by molar-refractivity contribution is 7.80. The number of hydrogen-bond donors (Lipinski definition) is 2. The molecule has 0 unspecified atom stereocenters. The lowest BCUT2D eigenvalue weighted by Gasteiger charge is -2.19. The lowest BCUT2D eigenvalue weighted by Crippen LogP contribution is -2.32. The van der Waals surface area contributed by atoms with E-state index in [2.05, 4.69) is 15.5 Å². The van der Waals surface area contributed by atoms with Crippen molar-refractivity contribution in [1.82, 2.24) is 10.2 Å². The molecule has 3 nitrogen and oxygen atoms in total. The molecule has 0 aromatic heterocycles. The first-order valence-electron chi connectivity index (χ1n) is 7.87. The molecule has 0 aliphatic carbocycles. The van der Waals surface area contributed by atoms with Crippen LogP contribution in [0.5, 0.6) is 0 Å². The third-order valence-electron chi connectivity index (χ3n) is 3.81. The fourth-order valence-electron chi connectivity index (χ4n) is 2.61. The van der Waals surface area contributed by atoms with Crippen molar-refractivity contribution in [3.63, 3.8) is 0 Å². The van der Waals surface area contributed by atoms with Crippen molar-refractivity contribution in [3.8, 4) is 0 Å². The maximum absolute atomic E-state index is 13.1. The molecule has 0 bridgehead atoms. The smallest absolute Gasteiger partial charge is 0.170 e. The fraction of sp³-hybridized carbons (Fsp3) is 0.562. The number of nitrogens with one attached hydrogen (secondary N) is 2. The molecule has 0 amide bonds. The summed E-state index contributed by atoms with van der Waals surface area (Å²) in [5.74, 6) is -1.74. The fourth-order valence-corrected chi connectivity index (χ4v) is 2.83. The second-order valence-corrected chi connectivity index (χ2v) is 6.03. The zero-order chi connectivity index (χ0) is 15.8. The van der Waals surface area contributed by atoms with Gasteiger partial charge in [0.25, 0.3) is 0 Å². The molecule has 1 saturated heterocycles. The summed E-state index contributed by atoms with van der Waals surface area (Å²) in [7, 11) is 0. The van der Waals surface area contributed by atoms with Gasteiger partial charge in [0.2, 0.25) is 0 Å². The van der Waals surface area contributed by atoms with Gasteiger partial charge in [0.05, 0.1) is 0 Å². The highest BCUT2D eigenvalue weighted by Crippen LogP contribution is 2.13. The number of benzene rings is 1. The molecule has 0 spiro atoms. The van der Waals surface area contributed by atoms with E-state index in [9.17, 15) is 8.78 Å². The standard InChI is InChI=1S/C16H23F2N3S/c17-14-7-6-13(12-15(14)18)20-16(22)19-8-5-11-21-9-3-1-2-4-10-21/h6-7,12H,1-5,8-11H2,(H2,19,20,22). The molecule has 2 rings (SSSR count). The summed E-state index contributed by atoms with van der Waals surface area (Å²) in [6.07, 6.45) is 6.29. The third-order valence-corrected chi connectivity index (χ3v) is 4.06. The molecule has 1 aromatic carbocycles. The van der Waals surface area contributed by atoms with Gasteiger partial charge < -0.3 is 15.5 Å². The minimum absolute atomic E-state index is 0.432. The van der Waals surface area contributed by atoms with Gasteiger partial charge in [-0.1, -0.05) is 12.8 Å². The van der Waals surface area contributed by atoms with Gasteiger partial charge in [0, 0.05) is 18.3 Å². The second kappa shape index (κ2) is 9.00. The van der Waals surface area contributed by atoms with Gasteiger partial charge >= 0.3 is 0 Å². The molecule has 1 aliphatic heterocycles. The number of rotatable bonds is 5. The Morgan fingerprint density at radius 3 is 2.50 bits per heavy atom. The molecule has 1 heterocycles. The number of anilines is 1. The van der Waals surface area contributed by atoms with Crippen LogP contribution in [0.25, 0.3) is 0 Å². The predicted molar refractivity (Wildman–Crippen MR) is 90.1 cm³/mol. The summed E-state index contributed by atoms with van der Waals surface area (Å²) in [5, 5.41) is 6.39. The van der Waals surface area contributed by atoms with Crippen molar-refractivity contribution in [1.29, 1.82) is 0 Å². The molecule has 2 N–H and O–H groups in total. The van der Waals surface area contributed by atoms with Crippen molar-refractivity contribution < 1.29 is 8.78 Å². The largest absolute Gasteiger partial charge is 0.362 e. The van der Waals surface area contributed by atoms with E-state index in [1.54, 1.807) is 0 Å². The summed E-state index contributed by atoms with van der Waals surface area (Å²) in [5.41, 5.74) is 0.448. The first-order valence-corrected chi connectivity index (χ1v) is 8.28. The third kappa shape index (κ3) is 5.85. The average molecular weight is 327 g/mol. The molecule has 6 heteroatoms. The first kappa shape index (κ1) is 17.1. The van der Waals surface area contributed by atoms with E-state index in [0.717, 1.165) is 31.6 Å².